The number of rotatable bonds is 5. The van der Waals surface area contributed by atoms with Gasteiger partial charge in [-0.25, -0.2) is 0 Å². The van der Waals surface area contributed by atoms with Gasteiger partial charge in [-0.15, -0.1) is 0 Å². The van der Waals surface area contributed by atoms with Crippen molar-refractivity contribution >= 4 is 16.9 Å². The van der Waals surface area contributed by atoms with Gasteiger partial charge >= 0.3 is 5.97 Å². The standard InChI is InChI=1S/C19H22N2O3/c1-3-13-6-5-7-14-15-9-11-24-19(12-20,18(15)21-17(13)14)10-8-16(22)23-4-2/h5-7,21H,3-4,8-11H2,1-2H3. The minimum atomic E-state index is -1.11. The molecule has 126 valence electrons. The van der Waals surface area contributed by atoms with E-state index in [-0.39, 0.29) is 12.4 Å². The van der Waals surface area contributed by atoms with Gasteiger partial charge in [0.1, 0.15) is 6.07 Å². The number of nitrogens with zero attached hydrogens (tertiary/aromatic N) is 1. The molecule has 0 saturated heterocycles. The maximum atomic E-state index is 11.7. The highest BCUT2D eigenvalue weighted by Gasteiger charge is 2.41. The first-order chi connectivity index (χ1) is 11.6. The van der Waals surface area contributed by atoms with Crippen molar-refractivity contribution in [2.75, 3.05) is 13.2 Å². The number of hydrogen-bond acceptors (Lipinski definition) is 4. The van der Waals surface area contributed by atoms with Gasteiger partial charge in [0.2, 0.25) is 0 Å². The number of carbonyl (C=O) groups excluding carboxylic acids is 1. The van der Waals surface area contributed by atoms with E-state index in [1.165, 1.54) is 5.56 Å². The molecule has 0 amide bonds. The highest BCUT2D eigenvalue weighted by molar-refractivity contribution is 5.88. The number of nitriles is 1. The molecule has 0 spiro atoms. The van der Waals surface area contributed by atoms with E-state index >= 15 is 0 Å². The van der Waals surface area contributed by atoms with Crippen LogP contribution in [0.2, 0.25) is 0 Å². The molecular weight excluding hydrogens is 304 g/mol. The normalized spacial score (nSPS) is 19.7. The van der Waals surface area contributed by atoms with Crippen LogP contribution in [-0.2, 0) is 32.7 Å². The fraction of sp³-hybridized carbons (Fsp3) is 0.474. The van der Waals surface area contributed by atoms with E-state index in [2.05, 4.69) is 36.2 Å². The molecule has 0 aliphatic carbocycles. The maximum absolute atomic E-state index is 11.7. The van der Waals surface area contributed by atoms with Crippen LogP contribution in [0.4, 0.5) is 0 Å². The molecule has 2 aromatic rings. The van der Waals surface area contributed by atoms with Crippen LogP contribution in [0.3, 0.4) is 0 Å². The molecule has 0 radical (unpaired) electrons. The van der Waals surface area contributed by atoms with Gasteiger partial charge in [-0.2, -0.15) is 5.26 Å². The molecule has 1 aliphatic heterocycles. The highest BCUT2D eigenvalue weighted by Crippen LogP contribution is 2.40. The second-order valence-corrected chi connectivity index (χ2v) is 6.01. The van der Waals surface area contributed by atoms with Crippen LogP contribution in [0.5, 0.6) is 0 Å². The molecule has 1 aromatic carbocycles. The number of ether oxygens (including phenoxy) is 2. The van der Waals surface area contributed by atoms with E-state index in [0.29, 0.717) is 19.6 Å². The lowest BCUT2D eigenvalue weighted by Crippen LogP contribution is -2.35. The third-order valence-electron chi connectivity index (χ3n) is 4.68. The zero-order chi connectivity index (χ0) is 17.2. The number of fused-ring (bicyclic) bond motifs is 3. The number of hydrogen-bond donors (Lipinski definition) is 1. The monoisotopic (exact) mass is 326 g/mol. The second-order valence-electron chi connectivity index (χ2n) is 6.01. The summed E-state index contributed by atoms with van der Waals surface area (Å²) in [5, 5.41) is 11.0. The number of aryl methyl sites for hydroxylation is 1. The van der Waals surface area contributed by atoms with Gasteiger partial charge < -0.3 is 14.5 Å². The van der Waals surface area contributed by atoms with Crippen molar-refractivity contribution in [2.24, 2.45) is 0 Å². The summed E-state index contributed by atoms with van der Waals surface area (Å²) in [6.07, 6.45) is 2.14. The summed E-state index contributed by atoms with van der Waals surface area (Å²) in [5.41, 5.74) is 3.13. The van der Waals surface area contributed by atoms with E-state index in [9.17, 15) is 10.1 Å². The van der Waals surface area contributed by atoms with Crippen LogP contribution in [0.15, 0.2) is 18.2 Å². The Bertz CT molecular complexity index is 803. The number of carbonyl (C=O) groups is 1. The number of esters is 1. The minimum absolute atomic E-state index is 0.164. The van der Waals surface area contributed by atoms with Crippen molar-refractivity contribution in [3.05, 3.63) is 35.0 Å². The van der Waals surface area contributed by atoms with E-state index in [4.69, 9.17) is 9.47 Å². The average Bonchev–Trinajstić information content (AvgIpc) is 3.00. The molecule has 1 aliphatic rings. The zero-order valence-corrected chi connectivity index (χ0v) is 14.1. The van der Waals surface area contributed by atoms with Gasteiger partial charge in [0.15, 0.2) is 5.60 Å². The van der Waals surface area contributed by atoms with E-state index in [0.717, 1.165) is 35.0 Å². The van der Waals surface area contributed by atoms with Crippen molar-refractivity contribution in [1.29, 1.82) is 5.26 Å². The summed E-state index contributed by atoms with van der Waals surface area (Å²) in [7, 11) is 0. The molecule has 0 saturated carbocycles. The summed E-state index contributed by atoms with van der Waals surface area (Å²) in [5.74, 6) is -0.298. The van der Waals surface area contributed by atoms with Gasteiger partial charge in [-0.05, 0) is 30.9 Å². The number of H-pyrrole nitrogens is 1. The van der Waals surface area contributed by atoms with Crippen LogP contribution < -0.4 is 0 Å². The topological polar surface area (TPSA) is 75.1 Å². The molecule has 3 rings (SSSR count). The third-order valence-corrected chi connectivity index (χ3v) is 4.68. The van der Waals surface area contributed by atoms with E-state index in [1.807, 2.05) is 0 Å². The van der Waals surface area contributed by atoms with Gasteiger partial charge in [0.25, 0.3) is 0 Å². The first-order valence-corrected chi connectivity index (χ1v) is 8.49. The molecule has 1 N–H and O–H groups in total. The predicted molar refractivity (Wildman–Crippen MR) is 90.5 cm³/mol. The lowest BCUT2D eigenvalue weighted by atomic mass is 9.88. The number of aromatic amines is 1. The van der Waals surface area contributed by atoms with Crippen molar-refractivity contribution in [3.63, 3.8) is 0 Å². The van der Waals surface area contributed by atoms with Crippen molar-refractivity contribution < 1.29 is 14.3 Å². The molecule has 1 aromatic heterocycles. The molecule has 5 nitrogen and oxygen atoms in total. The van der Waals surface area contributed by atoms with Crippen molar-refractivity contribution in [2.45, 2.75) is 45.1 Å². The van der Waals surface area contributed by atoms with E-state index in [1.54, 1.807) is 6.92 Å². The Kier molecular flexibility index (Phi) is 4.59. The summed E-state index contributed by atoms with van der Waals surface area (Å²) in [6.45, 7) is 4.71. The Morgan fingerprint density at radius 2 is 2.29 bits per heavy atom. The molecule has 0 fully saturated rings. The summed E-state index contributed by atoms with van der Waals surface area (Å²) in [6, 6.07) is 8.54. The lowest BCUT2D eigenvalue weighted by Gasteiger charge is -2.31. The lowest BCUT2D eigenvalue weighted by molar-refractivity contribution is -0.144. The van der Waals surface area contributed by atoms with Crippen LogP contribution in [0.25, 0.3) is 10.9 Å². The third kappa shape index (κ3) is 2.67. The largest absolute Gasteiger partial charge is 0.466 e. The quantitative estimate of drug-likeness (QED) is 0.855. The number of nitrogens with one attached hydrogen (secondary N) is 1. The fourth-order valence-corrected chi connectivity index (χ4v) is 3.49. The summed E-state index contributed by atoms with van der Waals surface area (Å²) in [4.78, 5) is 15.2. The number of benzene rings is 1. The van der Waals surface area contributed by atoms with Crippen molar-refractivity contribution in [3.8, 4) is 6.07 Å². The van der Waals surface area contributed by atoms with Gasteiger partial charge in [-0.1, -0.05) is 25.1 Å². The molecular formula is C19H22N2O3. The van der Waals surface area contributed by atoms with Crippen LogP contribution >= 0.6 is 0 Å². The van der Waals surface area contributed by atoms with Gasteiger partial charge in [-0.3, -0.25) is 4.79 Å². The van der Waals surface area contributed by atoms with Crippen LogP contribution in [0.1, 0.15) is 43.5 Å². The average molecular weight is 326 g/mol. The molecule has 24 heavy (non-hydrogen) atoms. The Labute approximate surface area is 141 Å². The first-order valence-electron chi connectivity index (χ1n) is 8.49. The molecule has 5 heteroatoms. The second kappa shape index (κ2) is 6.66. The molecule has 2 heterocycles. The predicted octanol–water partition coefficient (Wildman–Crippen LogP) is 3.37. The Morgan fingerprint density at radius 3 is 3.00 bits per heavy atom. The minimum Gasteiger partial charge on any atom is -0.466 e. The summed E-state index contributed by atoms with van der Waals surface area (Å²) < 4.78 is 10.9. The van der Waals surface area contributed by atoms with Gasteiger partial charge in [0.05, 0.1) is 18.9 Å². The number of aromatic nitrogens is 1. The first kappa shape index (κ1) is 16.5. The molecule has 1 unspecified atom stereocenters. The molecule has 1 atom stereocenters. The Morgan fingerprint density at radius 1 is 1.46 bits per heavy atom. The van der Waals surface area contributed by atoms with Crippen molar-refractivity contribution in [1.82, 2.24) is 4.98 Å². The fourth-order valence-electron chi connectivity index (χ4n) is 3.49. The SMILES string of the molecule is CCOC(=O)CCC1(C#N)OCCc2c1[nH]c1c(CC)cccc21. The van der Waals surface area contributed by atoms with Gasteiger partial charge in [0, 0.05) is 23.7 Å². The van der Waals surface area contributed by atoms with Crippen LogP contribution in [0, 0.1) is 11.3 Å². The summed E-state index contributed by atoms with van der Waals surface area (Å²) >= 11 is 0. The maximum Gasteiger partial charge on any atom is 0.305 e. The number of para-hydroxylation sites is 1. The van der Waals surface area contributed by atoms with Crippen LogP contribution in [-0.4, -0.2) is 24.2 Å². The van der Waals surface area contributed by atoms with E-state index < -0.39 is 5.60 Å². The zero-order valence-electron chi connectivity index (χ0n) is 14.1. The Balaban J connectivity index is 2.03. The Hall–Kier alpha value is -2.32. The smallest absolute Gasteiger partial charge is 0.305 e. The highest BCUT2D eigenvalue weighted by atomic mass is 16.5. The molecule has 0 bridgehead atoms.